The largest absolute Gasteiger partial charge is 0.305 e. The minimum Gasteiger partial charge on any atom is -0.305 e. The summed E-state index contributed by atoms with van der Waals surface area (Å²) in [5, 5.41) is 0. The number of nitrogens with zero attached hydrogens (tertiary/aromatic N) is 2. The monoisotopic (exact) mass is 176 g/mol. The number of likely N-dealkylation sites (N-methyl/N-ethyl adjacent to an activating group) is 2. The van der Waals surface area contributed by atoms with Gasteiger partial charge in [0.05, 0.1) is 0 Å². The summed E-state index contributed by atoms with van der Waals surface area (Å²) in [6, 6.07) is 0. The van der Waals surface area contributed by atoms with Crippen LogP contribution in [-0.4, -0.2) is 56.3 Å². The molecule has 0 atom stereocenters. The van der Waals surface area contributed by atoms with Crippen molar-refractivity contribution in [3.8, 4) is 0 Å². The van der Waals surface area contributed by atoms with Gasteiger partial charge in [0.2, 0.25) is 0 Å². The molecule has 0 aromatic carbocycles. The van der Waals surface area contributed by atoms with Crippen molar-refractivity contribution in [2.75, 3.05) is 46.5 Å². The van der Waals surface area contributed by atoms with Gasteiger partial charge in [-0.15, -0.1) is 0 Å². The SMILES string of the molecule is CN1CCCN(C)CC1.CS. The Labute approximate surface area is 76.0 Å². The maximum atomic E-state index is 3.53. The van der Waals surface area contributed by atoms with Crippen molar-refractivity contribution < 1.29 is 0 Å². The molecule has 1 fully saturated rings. The average molecular weight is 176 g/mol. The lowest BCUT2D eigenvalue weighted by Crippen LogP contribution is -2.25. The smallest absolute Gasteiger partial charge is 0.0106 e. The van der Waals surface area contributed by atoms with Crippen molar-refractivity contribution in [2.45, 2.75) is 6.42 Å². The van der Waals surface area contributed by atoms with Crippen LogP contribution in [0.4, 0.5) is 0 Å². The Morgan fingerprint density at radius 2 is 1.18 bits per heavy atom. The fourth-order valence-corrected chi connectivity index (χ4v) is 1.18. The average Bonchev–Trinajstić information content (AvgIpc) is 2.20. The van der Waals surface area contributed by atoms with Crippen LogP contribution in [0.3, 0.4) is 0 Å². The van der Waals surface area contributed by atoms with Gasteiger partial charge in [-0.1, -0.05) is 0 Å². The van der Waals surface area contributed by atoms with Gasteiger partial charge in [0.15, 0.2) is 0 Å². The van der Waals surface area contributed by atoms with Crippen LogP contribution >= 0.6 is 12.6 Å². The predicted octanol–water partition coefficient (Wildman–Crippen LogP) is 0.800. The molecule has 0 aromatic heterocycles. The molecule has 0 spiro atoms. The normalized spacial score (nSPS) is 21.8. The minimum absolute atomic E-state index is 1.23. The summed E-state index contributed by atoms with van der Waals surface area (Å²) in [5.74, 6) is 0. The lowest BCUT2D eigenvalue weighted by molar-refractivity contribution is 0.320. The molecule has 0 bridgehead atoms. The summed E-state index contributed by atoms with van der Waals surface area (Å²) in [7, 11) is 4.39. The molecule has 11 heavy (non-hydrogen) atoms. The van der Waals surface area contributed by atoms with E-state index in [0.29, 0.717) is 0 Å². The van der Waals surface area contributed by atoms with E-state index >= 15 is 0 Å². The second-order valence-electron chi connectivity index (χ2n) is 2.96. The quantitative estimate of drug-likeness (QED) is 0.545. The van der Waals surface area contributed by atoms with Gasteiger partial charge < -0.3 is 9.80 Å². The molecule has 1 aliphatic heterocycles. The van der Waals surface area contributed by atoms with Crippen molar-refractivity contribution in [3.63, 3.8) is 0 Å². The molecule has 3 heteroatoms. The Balaban J connectivity index is 0.000000461. The highest BCUT2D eigenvalue weighted by Gasteiger charge is 2.06. The zero-order valence-corrected chi connectivity index (χ0v) is 8.77. The Kier molecular flexibility index (Phi) is 7.12. The molecule has 0 saturated carbocycles. The first-order valence-electron chi connectivity index (χ1n) is 4.11. The highest BCUT2D eigenvalue weighted by atomic mass is 32.1. The standard InChI is InChI=1S/C7H16N2.CH4S/c1-8-4-3-5-9(2)7-6-8;1-2/h3-7H2,1-2H3;2H,1H3. The highest BCUT2D eigenvalue weighted by Crippen LogP contribution is 1.96. The molecule has 0 aliphatic carbocycles. The van der Waals surface area contributed by atoms with Gasteiger partial charge in [-0.25, -0.2) is 0 Å². The van der Waals surface area contributed by atoms with E-state index < -0.39 is 0 Å². The van der Waals surface area contributed by atoms with Crippen LogP contribution in [0.15, 0.2) is 0 Å². The zero-order valence-electron chi connectivity index (χ0n) is 7.88. The fourth-order valence-electron chi connectivity index (χ4n) is 1.18. The van der Waals surface area contributed by atoms with Gasteiger partial charge in [0, 0.05) is 13.1 Å². The van der Waals surface area contributed by atoms with E-state index in [4.69, 9.17) is 0 Å². The Morgan fingerprint density at radius 3 is 1.55 bits per heavy atom. The minimum atomic E-state index is 1.23. The van der Waals surface area contributed by atoms with E-state index in [0.717, 1.165) is 0 Å². The summed E-state index contributed by atoms with van der Waals surface area (Å²) in [4.78, 5) is 4.78. The topological polar surface area (TPSA) is 6.48 Å². The fraction of sp³-hybridized carbons (Fsp3) is 1.00. The molecule has 1 aliphatic rings. The first-order valence-corrected chi connectivity index (χ1v) is 5.00. The molecule has 0 aromatic rings. The van der Waals surface area contributed by atoms with E-state index in [1.807, 2.05) is 0 Å². The summed E-state index contributed by atoms with van der Waals surface area (Å²) < 4.78 is 0. The van der Waals surface area contributed by atoms with Crippen LogP contribution in [0.5, 0.6) is 0 Å². The van der Waals surface area contributed by atoms with Gasteiger partial charge in [-0.05, 0) is 39.9 Å². The number of hydrogen-bond donors (Lipinski definition) is 1. The summed E-state index contributed by atoms with van der Waals surface area (Å²) in [6.45, 7) is 5.00. The molecule has 2 nitrogen and oxygen atoms in total. The third kappa shape index (κ3) is 5.53. The molecule has 1 rings (SSSR count). The van der Waals surface area contributed by atoms with Gasteiger partial charge in [-0.3, -0.25) is 0 Å². The van der Waals surface area contributed by atoms with Crippen LogP contribution in [-0.2, 0) is 0 Å². The molecule has 68 valence electrons. The number of rotatable bonds is 0. The lowest BCUT2D eigenvalue weighted by atomic mass is 10.4. The van der Waals surface area contributed by atoms with Crippen molar-refractivity contribution in [1.82, 2.24) is 9.80 Å². The van der Waals surface area contributed by atoms with Gasteiger partial charge in [-0.2, -0.15) is 12.6 Å². The van der Waals surface area contributed by atoms with Crippen LogP contribution in [0.1, 0.15) is 6.42 Å². The Bertz CT molecular complexity index is 78.2. The maximum Gasteiger partial charge on any atom is 0.0106 e. The van der Waals surface area contributed by atoms with E-state index in [1.54, 1.807) is 6.26 Å². The molecule has 1 saturated heterocycles. The zero-order chi connectivity index (χ0) is 8.69. The first kappa shape index (κ1) is 11.3. The molecule has 0 unspecified atom stereocenters. The van der Waals surface area contributed by atoms with E-state index in [1.165, 1.54) is 32.6 Å². The molecule has 1 heterocycles. The molecular formula is C8H20N2S. The highest BCUT2D eigenvalue weighted by molar-refractivity contribution is 7.79. The third-order valence-corrected chi connectivity index (χ3v) is 1.94. The van der Waals surface area contributed by atoms with Crippen molar-refractivity contribution in [3.05, 3.63) is 0 Å². The summed E-state index contributed by atoms with van der Waals surface area (Å²) in [6.07, 6.45) is 3.02. The van der Waals surface area contributed by atoms with Gasteiger partial charge >= 0.3 is 0 Å². The van der Waals surface area contributed by atoms with Crippen LogP contribution < -0.4 is 0 Å². The van der Waals surface area contributed by atoms with E-state index in [9.17, 15) is 0 Å². The lowest BCUT2D eigenvalue weighted by Gasteiger charge is -2.13. The molecule has 0 amide bonds. The van der Waals surface area contributed by atoms with E-state index in [-0.39, 0.29) is 0 Å². The van der Waals surface area contributed by atoms with Crippen molar-refractivity contribution in [2.24, 2.45) is 0 Å². The van der Waals surface area contributed by atoms with Crippen LogP contribution in [0.2, 0.25) is 0 Å². The second kappa shape index (κ2) is 6.95. The van der Waals surface area contributed by atoms with Gasteiger partial charge in [0.25, 0.3) is 0 Å². The Hall–Kier alpha value is 0.270. The summed E-state index contributed by atoms with van der Waals surface area (Å²) >= 11 is 3.53. The predicted molar refractivity (Wildman–Crippen MR) is 54.5 cm³/mol. The van der Waals surface area contributed by atoms with Crippen LogP contribution in [0.25, 0.3) is 0 Å². The molecule has 0 radical (unpaired) electrons. The summed E-state index contributed by atoms with van der Waals surface area (Å²) in [5.41, 5.74) is 0. The molecular weight excluding hydrogens is 156 g/mol. The number of thiol groups is 1. The molecule has 0 N–H and O–H groups in total. The Morgan fingerprint density at radius 1 is 0.818 bits per heavy atom. The van der Waals surface area contributed by atoms with E-state index in [2.05, 4.69) is 36.5 Å². The van der Waals surface area contributed by atoms with Crippen molar-refractivity contribution in [1.29, 1.82) is 0 Å². The second-order valence-corrected chi connectivity index (χ2v) is 2.96. The first-order chi connectivity index (χ1) is 5.29. The van der Waals surface area contributed by atoms with Crippen LogP contribution in [0, 0.1) is 0 Å². The van der Waals surface area contributed by atoms with Gasteiger partial charge in [0.1, 0.15) is 0 Å². The van der Waals surface area contributed by atoms with Crippen molar-refractivity contribution >= 4 is 12.6 Å². The number of hydrogen-bond acceptors (Lipinski definition) is 3. The third-order valence-electron chi connectivity index (χ3n) is 1.94. The maximum absolute atomic E-state index is 3.53.